The summed E-state index contributed by atoms with van der Waals surface area (Å²) in [6.07, 6.45) is 12.5. The second kappa shape index (κ2) is 7.98. The predicted octanol–water partition coefficient (Wildman–Crippen LogP) is 5.14. The van der Waals surface area contributed by atoms with E-state index in [1.165, 1.54) is 44.9 Å². The smallest absolute Gasteiger partial charge is 0.0823 e. The quantitative estimate of drug-likeness (QED) is 0.487. The molecule has 0 saturated heterocycles. The van der Waals surface area contributed by atoms with E-state index < -0.39 is 0 Å². The van der Waals surface area contributed by atoms with Gasteiger partial charge in [-0.25, -0.2) is 0 Å². The van der Waals surface area contributed by atoms with E-state index in [0.29, 0.717) is 23.4 Å². The average Bonchev–Trinajstić information content (AvgIpc) is 3.03. The van der Waals surface area contributed by atoms with Crippen LogP contribution in [0.3, 0.4) is 0 Å². The average molecular weight is 391 g/mol. The van der Waals surface area contributed by atoms with E-state index in [1.807, 2.05) is 0 Å². The van der Waals surface area contributed by atoms with Crippen LogP contribution in [-0.4, -0.2) is 30.3 Å². The Bertz CT molecular complexity index is 569. The number of aliphatic hydroxyl groups is 1. The number of fused-ring (bicyclic) bond motifs is 5. The molecule has 4 rings (SSSR count). The van der Waals surface area contributed by atoms with Crippen LogP contribution in [0.2, 0.25) is 0 Å². The molecule has 28 heavy (non-hydrogen) atoms. The second-order valence-corrected chi connectivity index (χ2v) is 11.3. The molecule has 2 N–H and O–H groups in total. The minimum Gasteiger partial charge on any atom is -0.393 e. The van der Waals surface area contributed by atoms with E-state index in [4.69, 9.17) is 0 Å². The maximum absolute atomic E-state index is 10.3. The van der Waals surface area contributed by atoms with Crippen molar-refractivity contribution in [3.8, 4) is 0 Å². The molecule has 4 aliphatic carbocycles. The number of nitroso groups, excluding NO2 is 1. The molecule has 4 nitrogen and oxygen atoms in total. The van der Waals surface area contributed by atoms with Gasteiger partial charge in [-0.1, -0.05) is 19.0 Å². The van der Waals surface area contributed by atoms with Crippen molar-refractivity contribution in [3.63, 3.8) is 0 Å². The van der Waals surface area contributed by atoms with E-state index in [-0.39, 0.29) is 6.10 Å². The van der Waals surface area contributed by atoms with E-state index in [0.717, 1.165) is 55.4 Å². The highest BCUT2D eigenvalue weighted by Crippen LogP contribution is 2.67. The lowest BCUT2D eigenvalue weighted by atomic mass is 9.44. The van der Waals surface area contributed by atoms with E-state index in [9.17, 15) is 10.0 Å². The minimum atomic E-state index is -0.0410. The van der Waals surface area contributed by atoms with Crippen LogP contribution in [-0.2, 0) is 0 Å². The molecule has 4 aliphatic rings. The van der Waals surface area contributed by atoms with Gasteiger partial charge in [0.25, 0.3) is 0 Å². The van der Waals surface area contributed by atoms with Crippen molar-refractivity contribution < 1.29 is 5.11 Å². The van der Waals surface area contributed by atoms with E-state index in [2.05, 4.69) is 31.3 Å². The van der Waals surface area contributed by atoms with E-state index >= 15 is 0 Å². The fraction of sp³-hybridized carbons (Fsp3) is 1.00. The van der Waals surface area contributed by atoms with Crippen molar-refractivity contribution in [2.75, 3.05) is 13.1 Å². The fourth-order valence-corrected chi connectivity index (χ4v) is 8.71. The topological polar surface area (TPSA) is 61.7 Å². The Morgan fingerprint density at radius 1 is 1.04 bits per heavy atom. The molecular weight excluding hydrogens is 348 g/mol. The van der Waals surface area contributed by atoms with Crippen molar-refractivity contribution in [2.45, 2.75) is 97.1 Å². The standard InChI is InChI=1S/C24H42N2O2/c1-16(25-13-4-14-26-28)20-7-8-21-19-6-5-17-15-18(27)9-11-23(17,2)22(19)10-12-24(20,21)3/h16-22,25,27H,4-15H2,1-3H3/t16?,17?,18-,19?,20+,21?,22?,23-,24+/m0/s1. The van der Waals surface area contributed by atoms with Crippen LogP contribution in [0.25, 0.3) is 0 Å². The van der Waals surface area contributed by atoms with Gasteiger partial charge in [0.15, 0.2) is 0 Å². The summed E-state index contributed by atoms with van der Waals surface area (Å²) in [6, 6.07) is 0.537. The van der Waals surface area contributed by atoms with Gasteiger partial charge in [-0.2, -0.15) is 4.91 Å². The van der Waals surface area contributed by atoms with Crippen LogP contribution in [0.15, 0.2) is 5.18 Å². The van der Waals surface area contributed by atoms with Gasteiger partial charge < -0.3 is 10.4 Å². The van der Waals surface area contributed by atoms with Crippen LogP contribution in [0, 0.1) is 45.3 Å². The maximum Gasteiger partial charge on any atom is 0.0823 e. The normalized spacial score (nSPS) is 49.0. The van der Waals surface area contributed by atoms with Crippen LogP contribution in [0.4, 0.5) is 0 Å². The lowest BCUT2D eigenvalue weighted by molar-refractivity contribution is -0.127. The third-order valence-electron chi connectivity index (χ3n) is 10.2. The largest absolute Gasteiger partial charge is 0.393 e. The Hall–Kier alpha value is -0.480. The first kappa shape index (κ1) is 20.8. The monoisotopic (exact) mass is 390 g/mol. The molecule has 0 amide bonds. The fourth-order valence-electron chi connectivity index (χ4n) is 8.71. The van der Waals surface area contributed by atoms with Gasteiger partial charge in [0.1, 0.15) is 0 Å². The molecule has 160 valence electrons. The number of aliphatic hydroxyl groups excluding tert-OH is 1. The van der Waals surface area contributed by atoms with Crippen molar-refractivity contribution in [1.29, 1.82) is 0 Å². The number of rotatable bonds is 6. The van der Waals surface area contributed by atoms with Gasteiger partial charge >= 0.3 is 0 Å². The lowest BCUT2D eigenvalue weighted by Crippen LogP contribution is -2.55. The molecule has 4 saturated carbocycles. The number of hydrogen-bond donors (Lipinski definition) is 2. The van der Waals surface area contributed by atoms with Crippen molar-refractivity contribution in [3.05, 3.63) is 4.91 Å². The number of nitrogens with one attached hydrogen (secondary N) is 1. The number of hydrogen-bond acceptors (Lipinski definition) is 4. The van der Waals surface area contributed by atoms with Crippen LogP contribution >= 0.6 is 0 Å². The summed E-state index contributed by atoms with van der Waals surface area (Å²) in [7, 11) is 0. The van der Waals surface area contributed by atoms with Gasteiger partial charge in [-0.3, -0.25) is 0 Å². The zero-order valence-corrected chi connectivity index (χ0v) is 18.3. The highest BCUT2D eigenvalue weighted by Gasteiger charge is 2.60. The molecule has 0 aromatic carbocycles. The molecule has 0 bridgehead atoms. The molecule has 9 atom stereocenters. The zero-order valence-electron chi connectivity index (χ0n) is 18.3. The SMILES string of the molecule is CC(NCCCN=O)[C@H]1CCC2C3CCC4C[C@@H](O)CC[C@]4(C)C3CC[C@@]21C. The minimum absolute atomic E-state index is 0.0410. The first-order valence-electron chi connectivity index (χ1n) is 12.1. The highest BCUT2D eigenvalue weighted by molar-refractivity contribution is 5.10. The molecule has 0 radical (unpaired) electrons. The highest BCUT2D eigenvalue weighted by atomic mass is 16.3. The van der Waals surface area contributed by atoms with Crippen molar-refractivity contribution in [2.24, 2.45) is 45.6 Å². The Labute approximate surface area is 171 Å². The molecule has 4 fully saturated rings. The number of nitrogens with zero attached hydrogens (tertiary/aromatic N) is 1. The first-order valence-corrected chi connectivity index (χ1v) is 12.1. The molecule has 0 heterocycles. The zero-order chi connectivity index (χ0) is 19.9. The summed E-state index contributed by atoms with van der Waals surface area (Å²) in [6.45, 7) is 8.91. The molecule has 0 aromatic rings. The molecule has 4 heteroatoms. The van der Waals surface area contributed by atoms with Gasteiger partial charge in [-0.15, -0.1) is 0 Å². The molecule has 0 spiro atoms. The van der Waals surface area contributed by atoms with Crippen LogP contribution < -0.4 is 5.32 Å². The molecule has 0 aliphatic heterocycles. The molecule has 0 aromatic heterocycles. The summed E-state index contributed by atoms with van der Waals surface area (Å²) in [4.78, 5) is 10.3. The van der Waals surface area contributed by atoms with Gasteiger partial charge in [0.2, 0.25) is 0 Å². The third-order valence-corrected chi connectivity index (χ3v) is 10.2. The van der Waals surface area contributed by atoms with Crippen molar-refractivity contribution in [1.82, 2.24) is 5.32 Å². The maximum atomic E-state index is 10.3. The van der Waals surface area contributed by atoms with Gasteiger partial charge in [0.05, 0.1) is 12.6 Å². The predicted molar refractivity (Wildman–Crippen MR) is 114 cm³/mol. The van der Waals surface area contributed by atoms with Gasteiger partial charge in [-0.05, 0) is 118 Å². The van der Waals surface area contributed by atoms with Crippen LogP contribution in [0.1, 0.15) is 85.0 Å². The first-order chi connectivity index (χ1) is 13.4. The summed E-state index contributed by atoms with van der Waals surface area (Å²) in [5.41, 5.74) is 0.959. The van der Waals surface area contributed by atoms with Crippen molar-refractivity contribution >= 4 is 0 Å². The summed E-state index contributed by atoms with van der Waals surface area (Å²) >= 11 is 0. The van der Waals surface area contributed by atoms with Gasteiger partial charge in [0, 0.05) is 6.04 Å². The summed E-state index contributed by atoms with van der Waals surface area (Å²) in [5.74, 6) is 4.21. The molecular formula is C24H42N2O2. The Kier molecular flexibility index (Phi) is 5.92. The van der Waals surface area contributed by atoms with E-state index in [1.54, 1.807) is 0 Å². The van der Waals surface area contributed by atoms with Crippen LogP contribution in [0.5, 0.6) is 0 Å². The summed E-state index contributed by atoms with van der Waals surface area (Å²) in [5, 5.41) is 16.9. The lowest BCUT2D eigenvalue weighted by Gasteiger charge is -2.61. The second-order valence-electron chi connectivity index (χ2n) is 11.3. The summed E-state index contributed by atoms with van der Waals surface area (Å²) < 4.78 is 0. The Balaban J connectivity index is 1.45. The Morgan fingerprint density at radius 2 is 1.79 bits per heavy atom. The third kappa shape index (κ3) is 3.37. The Morgan fingerprint density at radius 3 is 2.57 bits per heavy atom. The molecule has 5 unspecified atom stereocenters.